The van der Waals surface area contributed by atoms with Gasteiger partial charge in [-0.3, -0.25) is 5.10 Å². The fraction of sp³-hybridized carbons (Fsp3) is 0.294. The molecule has 6 nitrogen and oxygen atoms in total. The number of anilines is 3. The van der Waals surface area contributed by atoms with Gasteiger partial charge in [0.25, 0.3) is 0 Å². The number of aromatic nitrogens is 3. The summed E-state index contributed by atoms with van der Waals surface area (Å²) in [6, 6.07) is 10.2. The molecule has 0 bridgehead atoms. The lowest BCUT2D eigenvalue weighted by Crippen LogP contribution is -2.36. The molecule has 2 aromatic heterocycles. The molecule has 0 atom stereocenters. The number of ether oxygens (including phenoxy) is 1. The molecule has 1 aromatic carbocycles. The summed E-state index contributed by atoms with van der Waals surface area (Å²) in [5, 5.41) is 11.8. The van der Waals surface area contributed by atoms with E-state index >= 15 is 0 Å². The van der Waals surface area contributed by atoms with Crippen LogP contribution < -0.4 is 10.2 Å². The number of para-hydroxylation sites is 2. The zero-order valence-corrected chi connectivity index (χ0v) is 13.0. The van der Waals surface area contributed by atoms with Gasteiger partial charge in [0.15, 0.2) is 0 Å². The summed E-state index contributed by atoms with van der Waals surface area (Å²) in [7, 11) is 0. The van der Waals surface area contributed by atoms with Gasteiger partial charge >= 0.3 is 0 Å². The Kier molecular flexibility index (Phi) is 3.59. The number of rotatable bonds is 3. The van der Waals surface area contributed by atoms with Crippen LogP contribution in [0.3, 0.4) is 0 Å². The Bertz CT molecular complexity index is 823. The minimum Gasteiger partial charge on any atom is -0.378 e. The van der Waals surface area contributed by atoms with E-state index in [2.05, 4.69) is 43.6 Å². The van der Waals surface area contributed by atoms with Crippen LogP contribution in [0.25, 0.3) is 10.9 Å². The molecule has 23 heavy (non-hydrogen) atoms. The molecule has 0 aliphatic carbocycles. The largest absolute Gasteiger partial charge is 0.378 e. The van der Waals surface area contributed by atoms with Gasteiger partial charge in [0.05, 0.1) is 35.5 Å². The quantitative estimate of drug-likeness (QED) is 0.779. The van der Waals surface area contributed by atoms with Gasteiger partial charge in [0.1, 0.15) is 5.82 Å². The van der Waals surface area contributed by atoms with Crippen LogP contribution in [0.2, 0.25) is 0 Å². The monoisotopic (exact) mass is 309 g/mol. The summed E-state index contributed by atoms with van der Waals surface area (Å²) in [4.78, 5) is 6.85. The van der Waals surface area contributed by atoms with Crippen molar-refractivity contribution in [1.82, 2.24) is 15.2 Å². The van der Waals surface area contributed by atoms with Crippen LogP contribution in [0, 0.1) is 6.92 Å². The lowest BCUT2D eigenvalue weighted by atomic mass is 10.2. The number of hydrogen-bond donors (Lipinski definition) is 2. The van der Waals surface area contributed by atoms with Gasteiger partial charge in [-0.15, -0.1) is 0 Å². The fourth-order valence-electron chi connectivity index (χ4n) is 3.00. The maximum Gasteiger partial charge on any atom is 0.141 e. The van der Waals surface area contributed by atoms with Crippen molar-refractivity contribution in [2.45, 2.75) is 6.92 Å². The van der Waals surface area contributed by atoms with Crippen molar-refractivity contribution in [1.29, 1.82) is 0 Å². The average Bonchev–Trinajstić information content (AvgIpc) is 2.99. The van der Waals surface area contributed by atoms with Crippen LogP contribution in [0.5, 0.6) is 0 Å². The predicted molar refractivity (Wildman–Crippen MR) is 91.4 cm³/mol. The summed E-state index contributed by atoms with van der Waals surface area (Å²) in [5.41, 5.74) is 4.16. The Hall–Kier alpha value is -2.60. The number of morpholine rings is 1. The van der Waals surface area contributed by atoms with Crippen molar-refractivity contribution in [2.24, 2.45) is 0 Å². The first-order valence-electron chi connectivity index (χ1n) is 7.81. The Balaban J connectivity index is 1.72. The molecular weight excluding hydrogens is 290 g/mol. The number of aryl methyl sites for hydroxylation is 1. The fourth-order valence-corrected chi connectivity index (χ4v) is 3.00. The maximum absolute atomic E-state index is 5.46. The third-order valence-electron chi connectivity index (χ3n) is 4.16. The lowest BCUT2D eigenvalue weighted by molar-refractivity contribution is 0.123. The van der Waals surface area contributed by atoms with Crippen LogP contribution in [0.4, 0.5) is 17.2 Å². The van der Waals surface area contributed by atoms with Gasteiger partial charge in [-0.1, -0.05) is 12.1 Å². The van der Waals surface area contributed by atoms with Crippen LogP contribution >= 0.6 is 0 Å². The highest BCUT2D eigenvalue weighted by atomic mass is 16.5. The van der Waals surface area contributed by atoms with Crippen molar-refractivity contribution in [2.75, 3.05) is 36.5 Å². The average molecular weight is 309 g/mol. The first-order valence-corrected chi connectivity index (χ1v) is 7.81. The maximum atomic E-state index is 5.46. The number of pyridine rings is 1. The minimum absolute atomic E-state index is 0.767. The van der Waals surface area contributed by atoms with Crippen LogP contribution in [-0.2, 0) is 4.74 Å². The molecule has 0 spiro atoms. The smallest absolute Gasteiger partial charge is 0.141 e. The lowest BCUT2D eigenvalue weighted by Gasteiger charge is -2.30. The highest BCUT2D eigenvalue weighted by molar-refractivity contribution is 5.94. The van der Waals surface area contributed by atoms with E-state index in [1.54, 1.807) is 6.20 Å². The Morgan fingerprint density at radius 3 is 2.87 bits per heavy atom. The number of fused-ring (bicyclic) bond motifs is 1. The predicted octanol–water partition coefficient (Wildman–Crippen LogP) is 2.85. The molecule has 0 amide bonds. The second kappa shape index (κ2) is 5.89. The molecule has 3 aromatic rings. The topological polar surface area (TPSA) is 66.1 Å². The molecule has 1 saturated heterocycles. The number of H-pyrrole nitrogens is 1. The van der Waals surface area contributed by atoms with Crippen LogP contribution in [0.1, 0.15) is 5.69 Å². The Morgan fingerprint density at radius 2 is 2.00 bits per heavy atom. The standard InChI is InChI=1S/C17H19N5O/c1-12-16-14(21-20-12)6-7-18-17(16)19-13-4-2-3-5-15(13)22-8-10-23-11-9-22/h2-7H,8-11H2,1H3,(H,18,19)(H,20,21). The first-order chi connectivity index (χ1) is 11.3. The SMILES string of the molecule is Cc1[nH]nc2ccnc(Nc3ccccc3N3CCOCC3)c12. The third kappa shape index (κ3) is 2.61. The van der Waals surface area contributed by atoms with Crippen LogP contribution in [-0.4, -0.2) is 41.5 Å². The highest BCUT2D eigenvalue weighted by Gasteiger charge is 2.16. The molecule has 4 rings (SSSR count). The van der Waals surface area contributed by atoms with Gasteiger partial charge < -0.3 is 15.0 Å². The number of aromatic amines is 1. The van der Waals surface area contributed by atoms with Crippen molar-refractivity contribution in [3.63, 3.8) is 0 Å². The summed E-state index contributed by atoms with van der Waals surface area (Å²) in [5.74, 6) is 0.828. The summed E-state index contributed by atoms with van der Waals surface area (Å²) >= 11 is 0. The van der Waals surface area contributed by atoms with Gasteiger partial charge in [0.2, 0.25) is 0 Å². The Morgan fingerprint density at radius 1 is 1.17 bits per heavy atom. The summed E-state index contributed by atoms with van der Waals surface area (Å²) in [6.45, 7) is 5.35. The molecule has 1 aliphatic rings. The molecule has 0 radical (unpaired) electrons. The molecule has 1 aliphatic heterocycles. The number of benzene rings is 1. The van der Waals surface area contributed by atoms with E-state index in [1.165, 1.54) is 5.69 Å². The molecule has 0 unspecified atom stereocenters. The second-order valence-corrected chi connectivity index (χ2v) is 5.64. The number of hydrogen-bond acceptors (Lipinski definition) is 5. The van der Waals surface area contributed by atoms with Gasteiger partial charge in [-0.25, -0.2) is 4.98 Å². The van der Waals surface area contributed by atoms with Crippen molar-refractivity contribution in [3.05, 3.63) is 42.2 Å². The summed E-state index contributed by atoms with van der Waals surface area (Å²) in [6.07, 6.45) is 1.78. The van der Waals surface area contributed by atoms with Gasteiger partial charge in [-0.2, -0.15) is 5.10 Å². The van der Waals surface area contributed by atoms with Crippen LogP contribution in [0.15, 0.2) is 36.5 Å². The Labute approximate surface area is 134 Å². The summed E-state index contributed by atoms with van der Waals surface area (Å²) < 4.78 is 5.46. The molecular formula is C17H19N5O. The van der Waals surface area contributed by atoms with Crippen molar-refractivity contribution < 1.29 is 4.74 Å². The van der Waals surface area contributed by atoms with E-state index < -0.39 is 0 Å². The van der Waals surface area contributed by atoms with E-state index in [1.807, 2.05) is 19.1 Å². The second-order valence-electron chi connectivity index (χ2n) is 5.64. The highest BCUT2D eigenvalue weighted by Crippen LogP contribution is 2.31. The van der Waals surface area contributed by atoms with Crippen molar-refractivity contribution in [3.8, 4) is 0 Å². The van der Waals surface area contributed by atoms with E-state index in [4.69, 9.17) is 4.74 Å². The van der Waals surface area contributed by atoms with Gasteiger partial charge in [0, 0.05) is 25.0 Å². The zero-order valence-electron chi connectivity index (χ0n) is 13.0. The number of nitrogens with zero attached hydrogens (tertiary/aromatic N) is 3. The van der Waals surface area contributed by atoms with E-state index in [9.17, 15) is 0 Å². The zero-order chi connectivity index (χ0) is 15.6. The van der Waals surface area contributed by atoms with Gasteiger partial charge in [-0.05, 0) is 25.1 Å². The molecule has 6 heteroatoms. The van der Waals surface area contributed by atoms with E-state index in [0.717, 1.165) is 54.4 Å². The van der Waals surface area contributed by atoms with Crippen molar-refractivity contribution >= 4 is 28.1 Å². The molecule has 0 saturated carbocycles. The number of nitrogens with one attached hydrogen (secondary N) is 2. The normalized spacial score (nSPS) is 15.1. The van der Waals surface area contributed by atoms with E-state index in [-0.39, 0.29) is 0 Å². The molecule has 3 heterocycles. The van der Waals surface area contributed by atoms with E-state index in [0.29, 0.717) is 0 Å². The molecule has 2 N–H and O–H groups in total. The molecule has 1 fully saturated rings. The molecule has 118 valence electrons. The third-order valence-corrected chi connectivity index (χ3v) is 4.16. The first kappa shape index (κ1) is 14.0. The minimum atomic E-state index is 0.767.